The average Bonchev–Trinajstić information content (AvgIpc) is 2.90. The maximum atomic E-state index is 10.1. The van der Waals surface area contributed by atoms with Crippen LogP contribution in [-0.2, 0) is 0 Å². The minimum absolute atomic E-state index is 0.0289. The molecule has 0 aliphatic carbocycles. The molecule has 2 aliphatic heterocycles. The van der Waals surface area contributed by atoms with E-state index in [1.165, 1.54) is 12.4 Å². The van der Waals surface area contributed by atoms with E-state index in [9.17, 15) is 10.4 Å². The fourth-order valence-electron chi connectivity index (χ4n) is 1.83. The summed E-state index contributed by atoms with van der Waals surface area (Å²) in [5.41, 5.74) is 0.706. The highest BCUT2D eigenvalue weighted by Crippen LogP contribution is 2.36. The molecule has 0 aromatic heterocycles. The summed E-state index contributed by atoms with van der Waals surface area (Å²) in [4.78, 5) is 7.84. The molecule has 7 heteroatoms. The van der Waals surface area contributed by atoms with Gasteiger partial charge in [0.1, 0.15) is 0 Å². The number of anilines is 2. The van der Waals surface area contributed by atoms with Gasteiger partial charge >= 0.3 is 0 Å². The Morgan fingerprint density at radius 3 is 2.11 bits per heavy atom. The number of para-hydroxylation sites is 2. The fraction of sp³-hybridized carbons (Fsp3) is 0. The van der Waals surface area contributed by atoms with Crippen LogP contribution in [0.3, 0.4) is 0 Å². The second-order valence-corrected chi connectivity index (χ2v) is 3.69. The van der Waals surface area contributed by atoms with Crippen molar-refractivity contribution in [3.8, 4) is 0 Å². The maximum absolute atomic E-state index is 10.1. The highest BCUT2D eigenvalue weighted by molar-refractivity contribution is 6.20. The SMILES string of the molecule is N=C1C(=C2N=CC=N2)N(O)c2ccccc2N1O. The Kier molecular flexibility index (Phi) is 2.22. The topological polar surface area (TPSA) is 95.5 Å². The van der Waals surface area contributed by atoms with Gasteiger partial charge in [-0.05, 0) is 12.1 Å². The average molecular weight is 243 g/mol. The second-order valence-electron chi connectivity index (χ2n) is 3.69. The maximum Gasteiger partial charge on any atom is 0.182 e. The van der Waals surface area contributed by atoms with Gasteiger partial charge in [0.25, 0.3) is 0 Å². The molecule has 3 rings (SSSR count). The summed E-state index contributed by atoms with van der Waals surface area (Å²) in [5.74, 6) is -0.113. The zero-order chi connectivity index (χ0) is 12.7. The lowest BCUT2D eigenvalue weighted by atomic mass is 10.2. The number of hydroxylamine groups is 2. The van der Waals surface area contributed by atoms with E-state index in [0.29, 0.717) is 16.4 Å². The van der Waals surface area contributed by atoms with E-state index in [2.05, 4.69) is 9.98 Å². The van der Waals surface area contributed by atoms with Crippen LogP contribution in [0.25, 0.3) is 0 Å². The van der Waals surface area contributed by atoms with Crippen LogP contribution >= 0.6 is 0 Å². The standard InChI is InChI=1S/C11H9N5O2/c12-10-9(11-13-5-6-14-11)15(17)7-3-1-2-4-8(7)16(10)18/h1-6,12,17-18H. The minimum Gasteiger partial charge on any atom is -0.283 e. The van der Waals surface area contributed by atoms with Gasteiger partial charge in [-0.25, -0.2) is 20.1 Å². The molecular weight excluding hydrogens is 234 g/mol. The molecule has 1 aromatic rings. The first kappa shape index (κ1) is 10.6. The van der Waals surface area contributed by atoms with E-state index < -0.39 is 0 Å². The number of benzene rings is 1. The summed E-state index contributed by atoms with van der Waals surface area (Å²) in [6.45, 7) is 0. The van der Waals surface area contributed by atoms with E-state index in [0.717, 1.165) is 5.06 Å². The fourth-order valence-corrected chi connectivity index (χ4v) is 1.83. The number of nitrogens with zero attached hydrogens (tertiary/aromatic N) is 4. The van der Waals surface area contributed by atoms with Gasteiger partial charge in [0, 0.05) is 12.4 Å². The summed E-state index contributed by atoms with van der Waals surface area (Å²) in [6, 6.07) is 6.63. The summed E-state index contributed by atoms with van der Waals surface area (Å²) in [5, 5.41) is 29.4. The molecule has 7 nitrogen and oxygen atoms in total. The molecule has 1 aromatic carbocycles. The second kappa shape index (κ2) is 3.76. The quantitative estimate of drug-likeness (QED) is 0.641. The highest BCUT2D eigenvalue weighted by atomic mass is 16.5. The van der Waals surface area contributed by atoms with Crippen LogP contribution in [0.15, 0.2) is 45.8 Å². The molecule has 0 fully saturated rings. The highest BCUT2D eigenvalue weighted by Gasteiger charge is 2.33. The van der Waals surface area contributed by atoms with Gasteiger partial charge in [-0.1, -0.05) is 12.1 Å². The molecule has 0 unspecified atom stereocenters. The lowest BCUT2D eigenvalue weighted by Crippen LogP contribution is -2.41. The van der Waals surface area contributed by atoms with Crippen molar-refractivity contribution in [1.82, 2.24) is 0 Å². The summed E-state index contributed by atoms with van der Waals surface area (Å²) in [7, 11) is 0. The Morgan fingerprint density at radius 1 is 0.944 bits per heavy atom. The van der Waals surface area contributed by atoms with E-state index in [1.54, 1.807) is 24.3 Å². The van der Waals surface area contributed by atoms with Crippen molar-refractivity contribution in [3.63, 3.8) is 0 Å². The van der Waals surface area contributed by atoms with Gasteiger partial charge in [0.15, 0.2) is 17.4 Å². The molecule has 0 bridgehead atoms. The van der Waals surface area contributed by atoms with Crippen molar-refractivity contribution in [3.05, 3.63) is 35.8 Å². The number of aliphatic imine (C=N–C) groups is 2. The van der Waals surface area contributed by atoms with Gasteiger partial charge in [-0.3, -0.25) is 15.8 Å². The van der Waals surface area contributed by atoms with Crippen LogP contribution in [0.1, 0.15) is 0 Å². The van der Waals surface area contributed by atoms with Gasteiger partial charge in [0.2, 0.25) is 0 Å². The Balaban J connectivity index is 2.22. The number of hydrogen-bond donors (Lipinski definition) is 3. The Labute approximate surface area is 102 Å². The van der Waals surface area contributed by atoms with E-state index in [-0.39, 0.29) is 17.4 Å². The predicted octanol–water partition coefficient (Wildman–Crippen LogP) is 1.39. The Bertz CT molecular complexity index is 606. The number of fused-ring (bicyclic) bond motifs is 1. The molecule has 0 amide bonds. The molecule has 0 radical (unpaired) electrons. The molecule has 18 heavy (non-hydrogen) atoms. The third-order valence-electron chi connectivity index (χ3n) is 2.66. The van der Waals surface area contributed by atoms with Crippen molar-refractivity contribution >= 4 is 29.6 Å². The van der Waals surface area contributed by atoms with Gasteiger partial charge in [-0.2, -0.15) is 0 Å². The molecule has 0 spiro atoms. The van der Waals surface area contributed by atoms with Crippen LogP contribution in [0.5, 0.6) is 0 Å². The largest absolute Gasteiger partial charge is 0.283 e. The first-order valence-electron chi connectivity index (χ1n) is 5.17. The van der Waals surface area contributed by atoms with Crippen LogP contribution in [-0.4, -0.2) is 28.7 Å². The minimum atomic E-state index is -0.289. The summed E-state index contributed by atoms with van der Waals surface area (Å²) < 4.78 is 0. The van der Waals surface area contributed by atoms with Crippen molar-refractivity contribution in [1.29, 1.82) is 5.41 Å². The van der Waals surface area contributed by atoms with Crippen molar-refractivity contribution in [2.75, 3.05) is 10.1 Å². The summed E-state index contributed by atoms with van der Waals surface area (Å²) >= 11 is 0. The van der Waals surface area contributed by atoms with Crippen molar-refractivity contribution in [2.24, 2.45) is 9.98 Å². The number of amidine groups is 1. The summed E-state index contributed by atoms with van der Waals surface area (Å²) in [6.07, 6.45) is 2.90. The molecular formula is C11H9N5O2. The molecule has 3 N–H and O–H groups in total. The van der Waals surface area contributed by atoms with Crippen molar-refractivity contribution in [2.45, 2.75) is 0 Å². The first-order valence-corrected chi connectivity index (χ1v) is 5.17. The van der Waals surface area contributed by atoms with Crippen LogP contribution in [0, 0.1) is 5.41 Å². The van der Waals surface area contributed by atoms with Gasteiger partial charge < -0.3 is 0 Å². The third-order valence-corrected chi connectivity index (χ3v) is 2.66. The zero-order valence-electron chi connectivity index (χ0n) is 9.15. The lowest BCUT2D eigenvalue weighted by Gasteiger charge is -2.33. The monoisotopic (exact) mass is 243 g/mol. The normalized spacial score (nSPS) is 17.8. The van der Waals surface area contributed by atoms with E-state index >= 15 is 0 Å². The van der Waals surface area contributed by atoms with E-state index in [4.69, 9.17) is 5.41 Å². The lowest BCUT2D eigenvalue weighted by molar-refractivity contribution is 0.267. The molecule has 2 heterocycles. The molecule has 90 valence electrons. The van der Waals surface area contributed by atoms with Gasteiger partial charge in [-0.15, -0.1) is 0 Å². The van der Waals surface area contributed by atoms with Crippen LogP contribution in [0.4, 0.5) is 11.4 Å². The zero-order valence-corrected chi connectivity index (χ0v) is 9.15. The van der Waals surface area contributed by atoms with Crippen LogP contribution < -0.4 is 10.1 Å². The van der Waals surface area contributed by atoms with Crippen molar-refractivity contribution < 1.29 is 10.4 Å². The first-order chi connectivity index (χ1) is 8.70. The molecule has 0 saturated heterocycles. The molecule has 0 atom stereocenters. The number of nitrogens with one attached hydrogen (secondary N) is 1. The number of hydrogen-bond acceptors (Lipinski definition) is 6. The smallest absolute Gasteiger partial charge is 0.182 e. The van der Waals surface area contributed by atoms with Gasteiger partial charge in [0.05, 0.1) is 11.4 Å². The molecule has 0 saturated carbocycles. The predicted molar refractivity (Wildman–Crippen MR) is 66.7 cm³/mol. The third kappa shape index (κ3) is 1.35. The van der Waals surface area contributed by atoms with Crippen LogP contribution in [0.2, 0.25) is 0 Å². The van der Waals surface area contributed by atoms with E-state index in [1.807, 2.05) is 0 Å². The molecule has 2 aliphatic rings. The number of rotatable bonds is 0. The Hall–Kier alpha value is -2.51. The Morgan fingerprint density at radius 2 is 1.50 bits per heavy atom.